The van der Waals surface area contributed by atoms with E-state index in [1.54, 1.807) is 10.9 Å². The summed E-state index contributed by atoms with van der Waals surface area (Å²) in [4.78, 5) is 11.2. The highest BCUT2D eigenvalue weighted by Gasteiger charge is 1.99. The van der Waals surface area contributed by atoms with Crippen LogP contribution in [0.3, 0.4) is 0 Å². The average molecular weight is 358 g/mol. The van der Waals surface area contributed by atoms with Crippen molar-refractivity contribution >= 4 is 6.03 Å². The summed E-state index contributed by atoms with van der Waals surface area (Å²) in [6.07, 6.45) is 2.72. The molecule has 144 valence electrons. The van der Waals surface area contributed by atoms with Crippen LogP contribution in [0.5, 0.6) is 0 Å². The summed E-state index contributed by atoms with van der Waals surface area (Å²) in [6.45, 7) is 7.18. The molecule has 0 unspecified atom stereocenters. The summed E-state index contributed by atoms with van der Waals surface area (Å²) in [7, 11) is 0. The summed E-state index contributed by atoms with van der Waals surface area (Å²) in [5, 5.41) is 13.2. The van der Waals surface area contributed by atoms with Gasteiger partial charge < -0.3 is 30.6 Å². The average Bonchev–Trinajstić information content (AvgIpc) is 3.08. The van der Waals surface area contributed by atoms with Gasteiger partial charge in [0.25, 0.3) is 0 Å². The lowest BCUT2D eigenvalue weighted by atomic mass is 10.5. The van der Waals surface area contributed by atoms with Crippen molar-refractivity contribution in [2.75, 3.05) is 52.7 Å². The standard InChI is InChI=1S/C15H30N6O4/c1-2-3-17-15(22)18-4-6-23-8-10-25-11-9-24-7-5-21-13-14(12-16)19-20-21/h13H,2-12,16H2,1H3,(H2,17,18,22). The first-order valence-electron chi connectivity index (χ1n) is 8.60. The molecule has 4 N–H and O–H groups in total. The number of nitrogens with one attached hydrogen (secondary N) is 2. The van der Waals surface area contributed by atoms with Gasteiger partial charge in [0.15, 0.2) is 0 Å². The zero-order chi connectivity index (χ0) is 18.2. The topological polar surface area (TPSA) is 126 Å². The van der Waals surface area contributed by atoms with Crippen LogP contribution in [-0.4, -0.2) is 73.8 Å². The molecule has 0 saturated carbocycles. The van der Waals surface area contributed by atoms with Gasteiger partial charge in [0.2, 0.25) is 0 Å². The molecule has 0 aliphatic carbocycles. The van der Waals surface area contributed by atoms with Crippen LogP contribution in [0.25, 0.3) is 0 Å². The van der Waals surface area contributed by atoms with Gasteiger partial charge >= 0.3 is 6.03 Å². The molecule has 0 radical (unpaired) electrons. The first-order chi connectivity index (χ1) is 12.3. The lowest BCUT2D eigenvalue weighted by Crippen LogP contribution is -2.37. The Kier molecular flexibility index (Phi) is 12.4. The van der Waals surface area contributed by atoms with Gasteiger partial charge in [-0.3, -0.25) is 0 Å². The third-order valence-corrected chi connectivity index (χ3v) is 3.07. The van der Waals surface area contributed by atoms with Crippen molar-refractivity contribution in [3.63, 3.8) is 0 Å². The molecule has 1 aromatic heterocycles. The number of carbonyl (C=O) groups excluding carboxylic acids is 1. The number of hydrogen-bond acceptors (Lipinski definition) is 7. The Hall–Kier alpha value is -1.75. The third-order valence-electron chi connectivity index (χ3n) is 3.07. The largest absolute Gasteiger partial charge is 0.377 e. The molecule has 0 saturated heterocycles. The second-order valence-electron chi connectivity index (χ2n) is 5.20. The molecule has 1 aromatic rings. The Morgan fingerprint density at radius 1 is 1.08 bits per heavy atom. The van der Waals surface area contributed by atoms with Crippen LogP contribution in [0.2, 0.25) is 0 Å². The van der Waals surface area contributed by atoms with Crippen LogP contribution in [0.1, 0.15) is 19.0 Å². The van der Waals surface area contributed by atoms with Gasteiger partial charge in [-0.05, 0) is 6.42 Å². The number of carbonyl (C=O) groups is 1. The van der Waals surface area contributed by atoms with Crippen molar-refractivity contribution in [2.24, 2.45) is 5.73 Å². The smallest absolute Gasteiger partial charge is 0.314 e. The van der Waals surface area contributed by atoms with Crippen LogP contribution >= 0.6 is 0 Å². The van der Waals surface area contributed by atoms with Crippen molar-refractivity contribution < 1.29 is 19.0 Å². The molecule has 0 aliphatic rings. The minimum Gasteiger partial charge on any atom is -0.377 e. The fourth-order valence-electron chi connectivity index (χ4n) is 1.78. The molecule has 0 aliphatic heterocycles. The van der Waals surface area contributed by atoms with Crippen molar-refractivity contribution in [1.29, 1.82) is 0 Å². The molecule has 1 heterocycles. The number of hydrogen-bond donors (Lipinski definition) is 3. The van der Waals surface area contributed by atoms with Gasteiger partial charge in [-0.2, -0.15) is 0 Å². The lowest BCUT2D eigenvalue weighted by molar-refractivity contribution is 0.0135. The predicted octanol–water partition coefficient (Wildman–Crippen LogP) is -0.504. The summed E-state index contributed by atoms with van der Waals surface area (Å²) in [5.74, 6) is 0. The highest BCUT2D eigenvalue weighted by molar-refractivity contribution is 5.73. The molecule has 10 nitrogen and oxygen atoms in total. The summed E-state index contributed by atoms with van der Waals surface area (Å²) < 4.78 is 17.9. The quantitative estimate of drug-likeness (QED) is 0.361. The number of rotatable bonds is 15. The normalized spacial score (nSPS) is 10.8. The van der Waals surface area contributed by atoms with E-state index in [1.807, 2.05) is 6.92 Å². The first-order valence-corrected chi connectivity index (χ1v) is 8.60. The molecule has 0 spiro atoms. The maximum Gasteiger partial charge on any atom is 0.314 e. The van der Waals surface area contributed by atoms with E-state index in [9.17, 15) is 4.79 Å². The fourth-order valence-corrected chi connectivity index (χ4v) is 1.78. The van der Waals surface area contributed by atoms with Gasteiger partial charge in [0, 0.05) is 25.8 Å². The van der Waals surface area contributed by atoms with Gasteiger partial charge in [-0.1, -0.05) is 12.1 Å². The predicted molar refractivity (Wildman–Crippen MR) is 92.1 cm³/mol. The highest BCUT2D eigenvalue weighted by atomic mass is 16.5. The Bertz CT molecular complexity index is 457. The molecule has 1 rings (SSSR count). The number of ether oxygens (including phenoxy) is 3. The second kappa shape index (κ2) is 14.6. The van der Waals surface area contributed by atoms with Gasteiger partial charge in [0.05, 0.1) is 51.9 Å². The highest BCUT2D eigenvalue weighted by Crippen LogP contribution is 1.91. The van der Waals surface area contributed by atoms with Crippen molar-refractivity contribution in [1.82, 2.24) is 25.6 Å². The molecule has 10 heteroatoms. The van der Waals surface area contributed by atoms with E-state index >= 15 is 0 Å². The first kappa shape index (κ1) is 21.3. The minimum absolute atomic E-state index is 0.163. The van der Waals surface area contributed by atoms with Crippen LogP contribution in [0.4, 0.5) is 4.79 Å². The van der Waals surface area contributed by atoms with Crippen molar-refractivity contribution in [3.8, 4) is 0 Å². The monoisotopic (exact) mass is 358 g/mol. The van der Waals surface area contributed by atoms with E-state index in [4.69, 9.17) is 19.9 Å². The summed E-state index contributed by atoms with van der Waals surface area (Å²) in [6, 6.07) is -0.163. The molecular formula is C15H30N6O4. The molecule has 0 aromatic carbocycles. The zero-order valence-corrected chi connectivity index (χ0v) is 14.9. The van der Waals surface area contributed by atoms with Crippen LogP contribution in [0, 0.1) is 0 Å². The maximum absolute atomic E-state index is 11.2. The molecule has 0 bridgehead atoms. The summed E-state index contributed by atoms with van der Waals surface area (Å²) in [5.41, 5.74) is 6.22. The number of urea groups is 1. The Balaban J connectivity index is 1.79. The van der Waals surface area contributed by atoms with E-state index < -0.39 is 0 Å². The van der Waals surface area contributed by atoms with E-state index in [-0.39, 0.29) is 6.03 Å². The number of amides is 2. The molecule has 0 fully saturated rings. The Morgan fingerprint density at radius 2 is 1.72 bits per heavy atom. The van der Waals surface area contributed by atoms with E-state index in [0.717, 1.165) is 12.1 Å². The minimum atomic E-state index is -0.163. The third kappa shape index (κ3) is 11.4. The Labute approximate surface area is 148 Å². The zero-order valence-electron chi connectivity index (χ0n) is 14.9. The van der Waals surface area contributed by atoms with Crippen LogP contribution < -0.4 is 16.4 Å². The van der Waals surface area contributed by atoms with E-state index in [1.165, 1.54) is 0 Å². The molecule has 0 atom stereocenters. The van der Waals surface area contributed by atoms with E-state index in [0.29, 0.717) is 65.8 Å². The number of aromatic nitrogens is 3. The second-order valence-corrected chi connectivity index (χ2v) is 5.20. The van der Waals surface area contributed by atoms with Crippen LogP contribution in [-0.2, 0) is 27.3 Å². The molecule has 25 heavy (non-hydrogen) atoms. The maximum atomic E-state index is 11.2. The fraction of sp³-hybridized carbons (Fsp3) is 0.800. The molecular weight excluding hydrogens is 328 g/mol. The van der Waals surface area contributed by atoms with Crippen molar-refractivity contribution in [3.05, 3.63) is 11.9 Å². The SMILES string of the molecule is CCCNC(=O)NCCOCCOCCOCCn1cc(CN)nn1. The van der Waals surface area contributed by atoms with Crippen molar-refractivity contribution in [2.45, 2.75) is 26.4 Å². The van der Waals surface area contributed by atoms with E-state index in [2.05, 4.69) is 20.9 Å². The lowest BCUT2D eigenvalue weighted by Gasteiger charge is -2.08. The van der Waals surface area contributed by atoms with Crippen LogP contribution in [0.15, 0.2) is 6.20 Å². The Morgan fingerprint density at radius 3 is 2.36 bits per heavy atom. The van der Waals surface area contributed by atoms with Gasteiger partial charge in [-0.25, -0.2) is 9.48 Å². The van der Waals surface area contributed by atoms with Gasteiger partial charge in [-0.15, -0.1) is 5.10 Å². The molecule has 2 amide bonds. The number of nitrogens with two attached hydrogens (primary N) is 1. The summed E-state index contributed by atoms with van der Waals surface area (Å²) >= 11 is 0. The van der Waals surface area contributed by atoms with Gasteiger partial charge in [0.1, 0.15) is 0 Å². The number of nitrogens with zero attached hydrogens (tertiary/aromatic N) is 3.